The number of aromatic carboxylic acids is 1. The number of nitrogens with one attached hydrogen (secondary N) is 1. The Bertz CT molecular complexity index is 558. The van der Waals surface area contributed by atoms with Crippen LogP contribution in [0.25, 0.3) is 0 Å². The monoisotopic (exact) mass is 265 g/mol. The molecule has 0 bridgehead atoms. The van der Waals surface area contributed by atoms with Gasteiger partial charge in [0.2, 0.25) is 5.37 Å². The molecule has 1 aromatic carbocycles. The highest BCUT2D eigenvalue weighted by molar-refractivity contribution is 8.15. The molecule has 1 aliphatic heterocycles. The van der Waals surface area contributed by atoms with Gasteiger partial charge in [-0.1, -0.05) is 12.1 Å². The van der Waals surface area contributed by atoms with Crippen LogP contribution in [0, 0.1) is 0 Å². The molecule has 1 aromatic rings. The van der Waals surface area contributed by atoms with E-state index >= 15 is 0 Å². The Balaban J connectivity index is 2.21. The van der Waals surface area contributed by atoms with Crippen molar-refractivity contribution in [3.8, 4) is 0 Å². The fourth-order valence-corrected chi connectivity index (χ4v) is 1.90. The van der Waals surface area contributed by atoms with Gasteiger partial charge in [-0.05, 0) is 23.9 Å². The van der Waals surface area contributed by atoms with Crippen LogP contribution in [-0.4, -0.2) is 27.6 Å². The fraction of sp³-hybridized carbons (Fsp3) is 0.100. The van der Waals surface area contributed by atoms with Crippen LogP contribution in [0.3, 0.4) is 0 Å². The minimum atomic E-state index is -1.14. The number of imide groups is 1. The molecule has 7 nitrogen and oxygen atoms in total. The second kappa shape index (κ2) is 4.96. The number of carboxylic acids is 1. The number of benzene rings is 1. The summed E-state index contributed by atoms with van der Waals surface area (Å²) in [6, 6.07) is 6.01. The van der Waals surface area contributed by atoms with Gasteiger partial charge in [0.25, 0.3) is 11.1 Å². The van der Waals surface area contributed by atoms with E-state index in [0.29, 0.717) is 11.8 Å². The largest absolute Gasteiger partial charge is 0.478 e. The highest BCUT2D eigenvalue weighted by Gasteiger charge is 2.31. The maximum Gasteiger partial charge on any atom is 0.337 e. The van der Waals surface area contributed by atoms with Gasteiger partial charge in [-0.15, -0.1) is 0 Å². The Hall–Kier alpha value is -2.22. The zero-order valence-corrected chi connectivity index (χ0v) is 9.68. The molecule has 1 heterocycles. The lowest BCUT2D eigenvalue weighted by molar-refractivity contribution is -0.118. The number of carboxylic acid groups (broad SMARTS) is 1. The van der Waals surface area contributed by atoms with Gasteiger partial charge >= 0.3 is 5.97 Å². The van der Waals surface area contributed by atoms with Crippen molar-refractivity contribution in [2.75, 3.05) is 0 Å². The molecule has 2 N–H and O–H groups in total. The number of hydrogen-bond donors (Lipinski definition) is 2. The summed E-state index contributed by atoms with van der Waals surface area (Å²) < 4.78 is 0. The number of carbonyl (C=O) groups excluding carboxylic acids is 2. The van der Waals surface area contributed by atoms with E-state index in [0.717, 1.165) is 0 Å². The summed E-state index contributed by atoms with van der Waals surface area (Å²) in [4.78, 5) is 33.0. The summed E-state index contributed by atoms with van der Waals surface area (Å²) >= 11 is 0.700. The Morgan fingerprint density at radius 2 is 2.06 bits per heavy atom. The van der Waals surface area contributed by atoms with Crippen molar-refractivity contribution in [3.05, 3.63) is 29.8 Å². The molecule has 1 atom stereocenters. The van der Waals surface area contributed by atoms with Gasteiger partial charge in [-0.25, -0.2) is 4.79 Å². The number of thioether (sulfide) groups is 1. The second-order valence-corrected chi connectivity index (χ2v) is 4.34. The normalized spacial score (nSPS) is 19.2. The van der Waals surface area contributed by atoms with E-state index < -0.39 is 22.5 Å². The molecule has 2 rings (SSSR count). The molecule has 1 saturated heterocycles. The predicted octanol–water partition coefficient (Wildman–Crippen LogP) is 1.78. The lowest BCUT2D eigenvalue weighted by atomic mass is 10.2. The number of hydrogen-bond acceptors (Lipinski definition) is 6. The lowest BCUT2D eigenvalue weighted by Crippen LogP contribution is -2.22. The van der Waals surface area contributed by atoms with E-state index in [4.69, 9.17) is 5.11 Å². The molecule has 2 amide bonds. The molecule has 0 spiro atoms. The topological polar surface area (TPSA) is 108 Å². The first-order chi connectivity index (χ1) is 8.58. The standard InChI is InChI=1S/C10H7N3O4S/c14-7-8(18-10(17)11-7)13-12-6-4-2-1-3-5(6)9(15)16/h1-4,8H,(H,15,16)(H,11,14,17). The number of rotatable bonds is 3. The molecule has 18 heavy (non-hydrogen) atoms. The maximum absolute atomic E-state index is 11.2. The van der Waals surface area contributed by atoms with E-state index in [-0.39, 0.29) is 11.3 Å². The van der Waals surface area contributed by atoms with Crippen molar-refractivity contribution in [2.45, 2.75) is 5.37 Å². The van der Waals surface area contributed by atoms with Crippen LogP contribution in [0.5, 0.6) is 0 Å². The molecule has 0 aromatic heterocycles. The molecule has 0 radical (unpaired) electrons. The molecule has 0 saturated carbocycles. The Morgan fingerprint density at radius 3 is 2.67 bits per heavy atom. The number of nitrogens with zero attached hydrogens (tertiary/aromatic N) is 2. The third-order valence-electron chi connectivity index (χ3n) is 2.07. The number of azo groups is 1. The van der Waals surface area contributed by atoms with Gasteiger partial charge in [0.15, 0.2) is 0 Å². The minimum absolute atomic E-state index is 0.0176. The smallest absolute Gasteiger partial charge is 0.337 e. The molecule has 1 aliphatic rings. The first-order valence-corrected chi connectivity index (χ1v) is 5.70. The first-order valence-electron chi connectivity index (χ1n) is 4.82. The van der Waals surface area contributed by atoms with Gasteiger partial charge in [0.05, 0.1) is 11.3 Å². The lowest BCUT2D eigenvalue weighted by Gasteiger charge is -1.99. The number of carbonyl (C=O) groups is 3. The van der Waals surface area contributed by atoms with Crippen molar-refractivity contribution >= 4 is 34.6 Å². The quantitative estimate of drug-likeness (QED) is 0.810. The summed E-state index contributed by atoms with van der Waals surface area (Å²) in [6.07, 6.45) is 0. The van der Waals surface area contributed by atoms with E-state index in [1.54, 1.807) is 12.1 Å². The minimum Gasteiger partial charge on any atom is -0.478 e. The molecule has 1 unspecified atom stereocenters. The SMILES string of the molecule is O=C1NC(=O)C(N=Nc2ccccc2C(=O)O)S1. The van der Waals surface area contributed by atoms with Crippen LogP contribution in [0.1, 0.15) is 10.4 Å². The Labute approximate surface area is 105 Å². The van der Waals surface area contributed by atoms with Gasteiger partial charge in [0, 0.05) is 0 Å². The van der Waals surface area contributed by atoms with E-state index in [1.165, 1.54) is 12.1 Å². The fourth-order valence-electron chi connectivity index (χ4n) is 1.28. The van der Waals surface area contributed by atoms with Crippen molar-refractivity contribution < 1.29 is 19.5 Å². The van der Waals surface area contributed by atoms with Crippen molar-refractivity contribution in [2.24, 2.45) is 10.2 Å². The molecule has 8 heteroatoms. The highest BCUT2D eigenvalue weighted by Crippen LogP contribution is 2.24. The second-order valence-electron chi connectivity index (χ2n) is 3.28. The summed E-state index contributed by atoms with van der Waals surface area (Å²) in [7, 11) is 0. The van der Waals surface area contributed by atoms with Gasteiger partial charge in [-0.2, -0.15) is 10.2 Å². The van der Waals surface area contributed by atoms with Crippen LogP contribution in [0.4, 0.5) is 10.5 Å². The van der Waals surface area contributed by atoms with Crippen LogP contribution < -0.4 is 5.32 Å². The molecule has 0 aliphatic carbocycles. The molecule has 1 fully saturated rings. The van der Waals surface area contributed by atoms with E-state index in [2.05, 4.69) is 15.5 Å². The van der Waals surface area contributed by atoms with Crippen molar-refractivity contribution in [1.82, 2.24) is 5.32 Å². The zero-order chi connectivity index (χ0) is 13.1. The first kappa shape index (κ1) is 12.2. The molecular formula is C10H7N3O4S. The average molecular weight is 265 g/mol. The summed E-state index contributed by atoms with van der Waals surface area (Å²) in [6.45, 7) is 0. The zero-order valence-electron chi connectivity index (χ0n) is 8.86. The summed E-state index contributed by atoms with van der Waals surface area (Å²) in [5.74, 6) is -1.69. The molecule has 92 valence electrons. The Morgan fingerprint density at radius 1 is 1.33 bits per heavy atom. The number of amides is 2. The van der Waals surface area contributed by atoms with Gasteiger partial charge in [-0.3, -0.25) is 14.9 Å². The van der Waals surface area contributed by atoms with Crippen molar-refractivity contribution in [1.29, 1.82) is 0 Å². The summed E-state index contributed by atoms with van der Waals surface area (Å²) in [5, 5.41) is 16.9. The third kappa shape index (κ3) is 2.54. The van der Waals surface area contributed by atoms with E-state index in [9.17, 15) is 14.4 Å². The van der Waals surface area contributed by atoms with Crippen LogP contribution in [0.15, 0.2) is 34.5 Å². The maximum atomic E-state index is 11.2. The summed E-state index contributed by atoms with van der Waals surface area (Å²) in [5.41, 5.74) is 0.119. The van der Waals surface area contributed by atoms with Crippen LogP contribution in [-0.2, 0) is 4.79 Å². The van der Waals surface area contributed by atoms with Crippen LogP contribution >= 0.6 is 11.8 Å². The van der Waals surface area contributed by atoms with Crippen LogP contribution in [0.2, 0.25) is 0 Å². The average Bonchev–Trinajstić information content (AvgIpc) is 2.65. The Kier molecular flexibility index (Phi) is 3.38. The van der Waals surface area contributed by atoms with E-state index in [1.807, 2.05) is 0 Å². The molecular weight excluding hydrogens is 258 g/mol. The van der Waals surface area contributed by atoms with Gasteiger partial charge in [0.1, 0.15) is 0 Å². The van der Waals surface area contributed by atoms with Crippen molar-refractivity contribution in [3.63, 3.8) is 0 Å². The predicted molar refractivity (Wildman–Crippen MR) is 62.8 cm³/mol. The highest BCUT2D eigenvalue weighted by atomic mass is 32.2. The third-order valence-corrected chi connectivity index (χ3v) is 2.92. The van der Waals surface area contributed by atoms with Gasteiger partial charge < -0.3 is 5.11 Å².